The van der Waals surface area contributed by atoms with Gasteiger partial charge in [-0.1, -0.05) is 79.0 Å². The summed E-state index contributed by atoms with van der Waals surface area (Å²) in [5.74, 6) is -0.379. The van der Waals surface area contributed by atoms with Crippen LogP contribution in [0.15, 0.2) is 72.8 Å². The average Bonchev–Trinajstić information content (AvgIpc) is 3.47. The third-order valence-electron chi connectivity index (χ3n) is 8.21. The highest BCUT2D eigenvalue weighted by Crippen LogP contribution is 2.26. The zero-order valence-electron chi connectivity index (χ0n) is 25.3. The second-order valence-corrected chi connectivity index (χ2v) is 13.8. The standard InChI is InChI=1S/C34H42ClN3O4S/c1-25-12-9-19-31(26(25)2)38(43(3,41)42)21-11-20-33(39)37(24-28-15-10-16-29(35)22-28)32(23-27-13-5-4-6-14-27)34(40)36-30-17-7-8-18-30/h4-6,9-10,12-16,19,22,30,32H,7-8,11,17-18,20-21,23-24H2,1-3H3,(H,36,40)/t32-/m0/s1. The Morgan fingerprint density at radius 2 is 1.63 bits per heavy atom. The summed E-state index contributed by atoms with van der Waals surface area (Å²) in [6, 6.07) is 22.0. The van der Waals surface area contributed by atoms with Crippen molar-refractivity contribution in [3.05, 3.63) is 100 Å². The lowest BCUT2D eigenvalue weighted by Crippen LogP contribution is -2.52. The van der Waals surface area contributed by atoms with Crippen LogP contribution in [0.25, 0.3) is 0 Å². The molecule has 43 heavy (non-hydrogen) atoms. The van der Waals surface area contributed by atoms with Crippen LogP contribution in [0.1, 0.15) is 60.8 Å². The fraction of sp³-hybridized carbons (Fsp3) is 0.412. The van der Waals surface area contributed by atoms with Crippen LogP contribution < -0.4 is 9.62 Å². The molecular weight excluding hydrogens is 582 g/mol. The van der Waals surface area contributed by atoms with Gasteiger partial charge in [0.05, 0.1) is 11.9 Å². The van der Waals surface area contributed by atoms with Crippen LogP contribution in [0, 0.1) is 13.8 Å². The van der Waals surface area contributed by atoms with Gasteiger partial charge in [0.1, 0.15) is 6.04 Å². The van der Waals surface area contributed by atoms with Gasteiger partial charge in [-0.2, -0.15) is 0 Å². The molecule has 7 nitrogen and oxygen atoms in total. The van der Waals surface area contributed by atoms with Crippen molar-refractivity contribution >= 4 is 39.1 Å². The van der Waals surface area contributed by atoms with Crippen molar-refractivity contribution in [2.24, 2.45) is 0 Å². The Hall–Kier alpha value is -3.36. The highest BCUT2D eigenvalue weighted by atomic mass is 35.5. The largest absolute Gasteiger partial charge is 0.352 e. The molecule has 0 heterocycles. The topological polar surface area (TPSA) is 86.8 Å². The first-order valence-corrected chi connectivity index (χ1v) is 17.2. The summed E-state index contributed by atoms with van der Waals surface area (Å²) in [7, 11) is -3.58. The van der Waals surface area contributed by atoms with Gasteiger partial charge >= 0.3 is 0 Å². The number of hydrogen-bond donors (Lipinski definition) is 1. The zero-order valence-corrected chi connectivity index (χ0v) is 26.8. The zero-order chi connectivity index (χ0) is 31.0. The lowest BCUT2D eigenvalue weighted by Gasteiger charge is -2.33. The summed E-state index contributed by atoms with van der Waals surface area (Å²) < 4.78 is 27.0. The van der Waals surface area contributed by atoms with Crippen LogP contribution >= 0.6 is 11.6 Å². The molecule has 1 N–H and O–H groups in total. The number of aryl methyl sites for hydroxylation is 1. The average molecular weight is 624 g/mol. The molecule has 0 aliphatic heterocycles. The van der Waals surface area contributed by atoms with Crippen LogP contribution in [-0.2, 0) is 32.6 Å². The summed E-state index contributed by atoms with van der Waals surface area (Å²) >= 11 is 6.29. The molecule has 0 radical (unpaired) electrons. The van der Waals surface area contributed by atoms with Crippen molar-refractivity contribution < 1.29 is 18.0 Å². The molecule has 0 aromatic heterocycles. The Labute approximate surface area is 261 Å². The fourth-order valence-corrected chi connectivity index (χ4v) is 6.97. The van der Waals surface area contributed by atoms with Crippen molar-refractivity contribution in [1.82, 2.24) is 10.2 Å². The Morgan fingerprint density at radius 1 is 0.953 bits per heavy atom. The van der Waals surface area contributed by atoms with E-state index in [4.69, 9.17) is 11.6 Å². The predicted molar refractivity (Wildman–Crippen MR) is 174 cm³/mol. The number of amides is 2. The summed E-state index contributed by atoms with van der Waals surface area (Å²) in [4.78, 5) is 29.5. The Morgan fingerprint density at radius 3 is 2.30 bits per heavy atom. The van der Waals surface area contributed by atoms with E-state index in [-0.39, 0.29) is 37.4 Å². The molecule has 0 bridgehead atoms. The van der Waals surface area contributed by atoms with Crippen molar-refractivity contribution in [3.63, 3.8) is 0 Å². The smallest absolute Gasteiger partial charge is 0.243 e. The molecule has 1 aliphatic rings. The van der Waals surface area contributed by atoms with E-state index in [0.717, 1.165) is 47.9 Å². The number of halogens is 1. The molecule has 4 rings (SSSR count). The second kappa shape index (κ2) is 14.9. The number of nitrogens with one attached hydrogen (secondary N) is 1. The van der Waals surface area contributed by atoms with E-state index in [1.54, 1.807) is 17.0 Å². The quantitative estimate of drug-likeness (QED) is 0.246. The highest BCUT2D eigenvalue weighted by molar-refractivity contribution is 7.92. The molecule has 0 spiro atoms. The minimum absolute atomic E-state index is 0.0828. The van der Waals surface area contributed by atoms with Gasteiger partial charge in [0.25, 0.3) is 0 Å². The number of carbonyl (C=O) groups excluding carboxylic acids is 2. The SMILES string of the molecule is Cc1cccc(N(CCCC(=O)N(Cc2cccc(Cl)c2)[C@@H](Cc2ccccc2)C(=O)NC2CCCC2)S(C)(=O)=O)c1C. The lowest BCUT2D eigenvalue weighted by atomic mass is 10.0. The number of benzene rings is 3. The van der Waals surface area contributed by atoms with Gasteiger partial charge in [-0.15, -0.1) is 0 Å². The highest BCUT2D eigenvalue weighted by Gasteiger charge is 2.32. The third kappa shape index (κ3) is 9.07. The molecule has 3 aromatic carbocycles. The maximum atomic E-state index is 14.0. The summed E-state index contributed by atoms with van der Waals surface area (Å²) in [6.07, 6.45) is 5.97. The van der Waals surface area contributed by atoms with E-state index in [2.05, 4.69) is 5.32 Å². The maximum Gasteiger partial charge on any atom is 0.243 e. The summed E-state index contributed by atoms with van der Waals surface area (Å²) in [5.41, 5.74) is 4.26. The summed E-state index contributed by atoms with van der Waals surface area (Å²) in [5, 5.41) is 3.77. The van der Waals surface area contributed by atoms with E-state index >= 15 is 0 Å². The number of nitrogens with zero attached hydrogens (tertiary/aromatic N) is 2. The van der Waals surface area contributed by atoms with Crippen molar-refractivity contribution in [2.75, 3.05) is 17.1 Å². The van der Waals surface area contributed by atoms with Crippen molar-refractivity contribution in [3.8, 4) is 0 Å². The van der Waals surface area contributed by atoms with E-state index in [1.807, 2.05) is 74.5 Å². The molecule has 1 fully saturated rings. The predicted octanol–water partition coefficient (Wildman–Crippen LogP) is 6.20. The first kappa shape index (κ1) is 32.6. The van der Waals surface area contributed by atoms with Gasteiger partial charge in [0, 0.05) is 37.0 Å². The number of rotatable bonds is 13. The van der Waals surface area contributed by atoms with Crippen LogP contribution in [-0.4, -0.2) is 50.0 Å². The molecular formula is C34H42ClN3O4S. The Kier molecular flexibility index (Phi) is 11.3. The van der Waals surface area contributed by atoms with Crippen molar-refractivity contribution in [2.45, 2.75) is 77.4 Å². The van der Waals surface area contributed by atoms with Crippen molar-refractivity contribution in [1.29, 1.82) is 0 Å². The minimum atomic E-state index is -3.58. The molecule has 9 heteroatoms. The van der Waals surface area contributed by atoms with Gasteiger partial charge in [-0.3, -0.25) is 13.9 Å². The molecule has 1 aliphatic carbocycles. The Balaban J connectivity index is 1.60. The first-order chi connectivity index (χ1) is 20.5. The number of hydrogen-bond acceptors (Lipinski definition) is 4. The van der Waals surface area contributed by atoms with Gasteiger partial charge in [-0.05, 0) is 73.6 Å². The minimum Gasteiger partial charge on any atom is -0.352 e. The van der Waals surface area contributed by atoms with Gasteiger partial charge in [-0.25, -0.2) is 8.42 Å². The normalized spacial score (nSPS) is 14.3. The molecule has 3 aromatic rings. The molecule has 2 amide bonds. The molecule has 1 atom stereocenters. The van der Waals surface area contributed by atoms with Crippen LogP contribution in [0.4, 0.5) is 5.69 Å². The molecule has 1 saturated carbocycles. The maximum absolute atomic E-state index is 14.0. The van der Waals surface area contributed by atoms with E-state index in [9.17, 15) is 18.0 Å². The lowest BCUT2D eigenvalue weighted by molar-refractivity contribution is -0.141. The number of carbonyl (C=O) groups is 2. The number of sulfonamides is 1. The third-order valence-corrected chi connectivity index (χ3v) is 9.63. The second-order valence-electron chi connectivity index (χ2n) is 11.5. The Bertz CT molecular complexity index is 1510. The molecule has 0 saturated heterocycles. The van der Waals surface area contributed by atoms with Crippen LogP contribution in [0.3, 0.4) is 0 Å². The van der Waals surface area contributed by atoms with Gasteiger partial charge < -0.3 is 10.2 Å². The van der Waals surface area contributed by atoms with Crippen LogP contribution in [0.2, 0.25) is 5.02 Å². The fourth-order valence-electron chi connectivity index (χ4n) is 5.74. The monoisotopic (exact) mass is 623 g/mol. The number of anilines is 1. The molecule has 230 valence electrons. The van der Waals surface area contributed by atoms with E-state index in [1.165, 1.54) is 10.6 Å². The van der Waals surface area contributed by atoms with Gasteiger partial charge in [0.2, 0.25) is 21.8 Å². The van der Waals surface area contributed by atoms with E-state index in [0.29, 0.717) is 23.6 Å². The summed E-state index contributed by atoms with van der Waals surface area (Å²) in [6.45, 7) is 4.21. The van der Waals surface area contributed by atoms with Gasteiger partial charge in [0.15, 0.2) is 0 Å². The molecule has 0 unspecified atom stereocenters. The van der Waals surface area contributed by atoms with Crippen LogP contribution in [0.5, 0.6) is 0 Å². The first-order valence-electron chi connectivity index (χ1n) is 14.9. The van der Waals surface area contributed by atoms with E-state index < -0.39 is 16.1 Å².